The summed E-state index contributed by atoms with van der Waals surface area (Å²) in [5.41, 5.74) is 6.08. The fourth-order valence-electron chi connectivity index (χ4n) is 6.57. The highest BCUT2D eigenvalue weighted by Crippen LogP contribution is 2.48. The number of ether oxygens (including phenoxy) is 1. The minimum Gasteiger partial charge on any atom is -0.492 e. The van der Waals surface area contributed by atoms with Gasteiger partial charge in [0, 0.05) is 47.1 Å². The first kappa shape index (κ1) is 22.5. The molecule has 190 valence electrons. The number of carbonyl (C=O) groups is 3. The van der Waals surface area contributed by atoms with Crippen LogP contribution in [0.4, 0.5) is 0 Å². The molecule has 0 bridgehead atoms. The lowest BCUT2D eigenvalue weighted by Gasteiger charge is -2.38. The third kappa shape index (κ3) is 3.48. The number of likely N-dealkylation sites (tertiary alicyclic amines) is 1. The largest absolute Gasteiger partial charge is 0.492 e. The molecule has 4 aliphatic heterocycles. The highest BCUT2D eigenvalue weighted by molar-refractivity contribution is 6.05. The predicted molar refractivity (Wildman–Crippen MR) is 135 cm³/mol. The van der Waals surface area contributed by atoms with E-state index in [2.05, 4.69) is 51.6 Å². The van der Waals surface area contributed by atoms with Crippen LogP contribution in [0.2, 0.25) is 0 Å². The van der Waals surface area contributed by atoms with Crippen molar-refractivity contribution in [3.8, 4) is 5.75 Å². The second-order valence-electron chi connectivity index (χ2n) is 10.9. The zero-order valence-corrected chi connectivity index (χ0v) is 20.8. The Bertz CT molecular complexity index is 1470. The average Bonchev–Trinajstić information content (AvgIpc) is 3.54. The summed E-state index contributed by atoms with van der Waals surface area (Å²) in [6.07, 6.45) is 2.59. The maximum atomic E-state index is 13.2. The molecule has 0 aliphatic carbocycles. The zero-order chi connectivity index (χ0) is 25.3. The average molecular weight is 500 g/mol. The van der Waals surface area contributed by atoms with E-state index >= 15 is 0 Å². The summed E-state index contributed by atoms with van der Waals surface area (Å²) in [4.78, 5) is 41.3. The van der Waals surface area contributed by atoms with Gasteiger partial charge in [0.15, 0.2) is 0 Å². The van der Waals surface area contributed by atoms with E-state index < -0.39 is 6.04 Å². The number of rotatable bonds is 3. The number of nitrogens with one attached hydrogen (secondary N) is 2. The van der Waals surface area contributed by atoms with Crippen molar-refractivity contribution in [1.29, 1.82) is 0 Å². The lowest BCUT2D eigenvalue weighted by Crippen LogP contribution is -2.52. The number of carbonyl (C=O) groups excluding carboxylic acids is 3. The van der Waals surface area contributed by atoms with Gasteiger partial charge in [-0.1, -0.05) is 18.2 Å². The molecule has 3 aromatic rings. The topological polar surface area (TPSA) is 108 Å². The first-order valence-corrected chi connectivity index (χ1v) is 13.0. The number of aryl methyl sites for hydroxylation is 1. The van der Waals surface area contributed by atoms with E-state index in [1.807, 2.05) is 6.07 Å². The fourth-order valence-corrected chi connectivity index (χ4v) is 6.57. The molecule has 4 aliphatic rings. The van der Waals surface area contributed by atoms with Crippen LogP contribution >= 0.6 is 0 Å². The van der Waals surface area contributed by atoms with E-state index in [0.29, 0.717) is 25.1 Å². The number of nitrogens with zero attached hydrogens (tertiary/aromatic N) is 3. The Morgan fingerprint density at radius 2 is 2.00 bits per heavy atom. The quantitative estimate of drug-likeness (QED) is 0.537. The Balaban J connectivity index is 1.09. The van der Waals surface area contributed by atoms with Crippen LogP contribution in [0.3, 0.4) is 0 Å². The van der Waals surface area contributed by atoms with Crippen molar-refractivity contribution >= 4 is 28.6 Å². The van der Waals surface area contributed by atoms with Crippen molar-refractivity contribution < 1.29 is 19.1 Å². The summed E-state index contributed by atoms with van der Waals surface area (Å²) >= 11 is 0. The van der Waals surface area contributed by atoms with Gasteiger partial charge in [0.1, 0.15) is 11.8 Å². The van der Waals surface area contributed by atoms with Crippen LogP contribution in [0.5, 0.6) is 5.75 Å². The monoisotopic (exact) mass is 499 g/mol. The molecule has 3 amide bonds. The first-order chi connectivity index (χ1) is 17.9. The Kier molecular flexibility index (Phi) is 4.95. The van der Waals surface area contributed by atoms with E-state index in [1.54, 1.807) is 4.90 Å². The molecule has 0 saturated carbocycles. The predicted octanol–water partition coefficient (Wildman–Crippen LogP) is 2.56. The van der Waals surface area contributed by atoms with Gasteiger partial charge in [0.05, 0.1) is 12.1 Å². The number of imide groups is 1. The maximum absolute atomic E-state index is 13.2. The molecule has 2 saturated heterocycles. The molecule has 1 aromatic heterocycles. The summed E-state index contributed by atoms with van der Waals surface area (Å²) in [7, 11) is 0. The van der Waals surface area contributed by atoms with Crippen LogP contribution in [0.1, 0.15) is 58.4 Å². The van der Waals surface area contributed by atoms with Crippen LogP contribution in [0, 0.1) is 6.92 Å². The normalized spacial score (nSPS) is 22.9. The number of benzene rings is 2. The summed E-state index contributed by atoms with van der Waals surface area (Å²) in [5, 5.41) is 11.2. The molecule has 7 rings (SSSR count). The van der Waals surface area contributed by atoms with Crippen molar-refractivity contribution in [2.24, 2.45) is 0 Å². The van der Waals surface area contributed by atoms with Gasteiger partial charge in [0.2, 0.25) is 11.8 Å². The molecule has 2 N–H and O–H groups in total. The van der Waals surface area contributed by atoms with Crippen LogP contribution < -0.4 is 10.1 Å². The van der Waals surface area contributed by atoms with Crippen molar-refractivity contribution in [2.45, 2.75) is 57.2 Å². The van der Waals surface area contributed by atoms with Gasteiger partial charge in [-0.05, 0) is 62.5 Å². The number of H-pyrrole nitrogens is 1. The third-order valence-electron chi connectivity index (χ3n) is 8.77. The number of aromatic amines is 1. The molecular weight excluding hydrogens is 470 g/mol. The second-order valence-corrected chi connectivity index (χ2v) is 10.9. The number of para-hydroxylation sites is 1. The van der Waals surface area contributed by atoms with E-state index in [9.17, 15) is 14.4 Å². The van der Waals surface area contributed by atoms with Crippen LogP contribution in [0.25, 0.3) is 10.9 Å². The van der Waals surface area contributed by atoms with Crippen molar-refractivity contribution in [3.63, 3.8) is 0 Å². The highest BCUT2D eigenvalue weighted by atomic mass is 16.5. The molecule has 1 spiro atoms. The number of aromatic nitrogens is 2. The Morgan fingerprint density at radius 3 is 2.81 bits per heavy atom. The minimum atomic E-state index is -0.603. The van der Waals surface area contributed by atoms with Gasteiger partial charge in [0.25, 0.3) is 5.91 Å². The van der Waals surface area contributed by atoms with E-state index in [4.69, 9.17) is 4.74 Å². The molecule has 9 heteroatoms. The lowest BCUT2D eigenvalue weighted by molar-refractivity contribution is -0.136. The standard InChI is InChI=1S/C28H29N5O4/c1-16-19-4-2-3-17(25(19)31-30-16)13-32-9-7-28(8-10-32)15-37-23-12-20-18(11-21(23)28)14-33(27(20)36)22-5-6-24(34)29-26(22)35/h2-4,11-12,22H,5-10,13-15H2,1H3,(H,30,31)(H,29,34,35). The number of hydrogen-bond acceptors (Lipinski definition) is 6. The number of hydrogen-bond donors (Lipinski definition) is 2. The van der Waals surface area contributed by atoms with Gasteiger partial charge >= 0.3 is 0 Å². The molecule has 1 atom stereocenters. The molecule has 5 heterocycles. The third-order valence-corrected chi connectivity index (χ3v) is 8.77. The highest BCUT2D eigenvalue weighted by Gasteiger charge is 2.46. The van der Waals surface area contributed by atoms with Gasteiger partial charge in [-0.25, -0.2) is 0 Å². The number of fused-ring (bicyclic) bond motifs is 4. The summed E-state index contributed by atoms with van der Waals surface area (Å²) in [6, 6.07) is 9.79. The van der Waals surface area contributed by atoms with Crippen molar-refractivity contribution in [2.75, 3.05) is 19.7 Å². The van der Waals surface area contributed by atoms with Crippen molar-refractivity contribution in [3.05, 3.63) is 58.3 Å². The number of piperidine rings is 2. The molecule has 1 unspecified atom stereocenters. The summed E-state index contributed by atoms with van der Waals surface area (Å²) in [6.45, 7) is 5.87. The smallest absolute Gasteiger partial charge is 0.255 e. The first-order valence-electron chi connectivity index (χ1n) is 13.0. The maximum Gasteiger partial charge on any atom is 0.255 e. The minimum absolute atomic E-state index is 0.0547. The molecule has 0 radical (unpaired) electrons. The van der Waals surface area contributed by atoms with Gasteiger partial charge in [-0.2, -0.15) is 5.10 Å². The van der Waals surface area contributed by atoms with E-state index in [-0.39, 0.29) is 29.6 Å². The molecule has 2 aromatic carbocycles. The van der Waals surface area contributed by atoms with Gasteiger partial charge in [-0.15, -0.1) is 0 Å². The molecule has 2 fully saturated rings. The van der Waals surface area contributed by atoms with E-state index in [1.165, 1.54) is 16.5 Å². The molecule has 37 heavy (non-hydrogen) atoms. The second kappa shape index (κ2) is 8.14. The Morgan fingerprint density at radius 1 is 1.16 bits per heavy atom. The lowest BCUT2D eigenvalue weighted by atomic mass is 9.74. The van der Waals surface area contributed by atoms with Gasteiger partial charge < -0.3 is 9.64 Å². The zero-order valence-electron chi connectivity index (χ0n) is 20.8. The van der Waals surface area contributed by atoms with E-state index in [0.717, 1.165) is 55.0 Å². The van der Waals surface area contributed by atoms with Crippen LogP contribution in [0.15, 0.2) is 30.3 Å². The molecule has 9 nitrogen and oxygen atoms in total. The Labute approximate surface area is 214 Å². The SMILES string of the molecule is Cc1[nH]nc2c(CN3CCC4(CC3)COc3cc5c(cc34)CN(C3CCC(=O)NC3=O)C5=O)cccc12. The summed E-state index contributed by atoms with van der Waals surface area (Å²) < 4.78 is 6.17. The Hall–Kier alpha value is -3.72. The summed E-state index contributed by atoms with van der Waals surface area (Å²) in [5.74, 6) is -0.0233. The fraction of sp³-hybridized carbons (Fsp3) is 0.429. The van der Waals surface area contributed by atoms with Crippen LogP contribution in [-0.2, 0) is 28.1 Å². The van der Waals surface area contributed by atoms with Crippen molar-refractivity contribution in [1.82, 2.24) is 25.3 Å². The van der Waals surface area contributed by atoms with Crippen LogP contribution in [-0.4, -0.2) is 63.5 Å². The van der Waals surface area contributed by atoms with Gasteiger partial charge in [-0.3, -0.25) is 29.7 Å². The molecular formula is C28H29N5O4. The number of amides is 3.